The van der Waals surface area contributed by atoms with Crippen LogP contribution < -0.4 is 10.6 Å². The van der Waals surface area contributed by atoms with Crippen molar-refractivity contribution in [1.82, 2.24) is 20.4 Å². The Kier molecular flexibility index (Phi) is 6.42. The Balaban J connectivity index is 0.000000162. The molecule has 2 fully saturated rings. The van der Waals surface area contributed by atoms with Crippen LogP contribution in [0, 0.1) is 30.0 Å². The molecule has 2 aliphatic rings. The van der Waals surface area contributed by atoms with Crippen molar-refractivity contribution >= 4 is 5.91 Å². The number of aromatic nitrogens is 2. The Morgan fingerprint density at radius 3 is 2.82 bits per heavy atom. The van der Waals surface area contributed by atoms with Gasteiger partial charge in [-0.25, -0.2) is 4.39 Å². The molecule has 2 aromatic rings. The van der Waals surface area contributed by atoms with E-state index in [1.807, 2.05) is 29.9 Å². The van der Waals surface area contributed by atoms with E-state index in [2.05, 4.69) is 15.7 Å². The quantitative estimate of drug-likeness (QED) is 0.796. The fourth-order valence-corrected chi connectivity index (χ4v) is 3.84. The zero-order chi connectivity index (χ0) is 20.1. The third-order valence-corrected chi connectivity index (χ3v) is 5.45. The predicted octanol–water partition coefficient (Wildman–Crippen LogP) is 2.78. The molecule has 3 atom stereocenters. The van der Waals surface area contributed by atoms with Crippen molar-refractivity contribution < 1.29 is 9.18 Å². The van der Waals surface area contributed by atoms with Gasteiger partial charge in [0.1, 0.15) is 12.4 Å². The predicted molar refractivity (Wildman–Crippen MR) is 105 cm³/mol. The normalized spacial score (nSPS) is 22.3. The summed E-state index contributed by atoms with van der Waals surface area (Å²) < 4.78 is 15.2. The molecule has 6 nitrogen and oxygen atoms in total. The first kappa shape index (κ1) is 20.0. The summed E-state index contributed by atoms with van der Waals surface area (Å²) in [5.74, 6) is 0.328. The van der Waals surface area contributed by atoms with E-state index in [4.69, 9.17) is 5.26 Å². The molecule has 1 aromatic heterocycles. The number of piperidine rings is 1. The maximum Gasteiger partial charge on any atom is 0.238 e. The smallest absolute Gasteiger partial charge is 0.238 e. The third kappa shape index (κ3) is 4.57. The molecule has 148 valence electrons. The molecular formula is C21H26FN5O. The number of hydrogen-bond donors (Lipinski definition) is 2. The molecule has 28 heavy (non-hydrogen) atoms. The van der Waals surface area contributed by atoms with Gasteiger partial charge in [-0.3, -0.25) is 9.48 Å². The molecule has 2 N–H and O–H groups in total. The number of carbonyl (C=O) groups is 1. The lowest BCUT2D eigenvalue weighted by atomic mass is 9.99. The topological polar surface area (TPSA) is 82.7 Å². The van der Waals surface area contributed by atoms with Gasteiger partial charge in [-0.05, 0) is 56.2 Å². The minimum absolute atomic E-state index is 0.00579. The van der Waals surface area contributed by atoms with Crippen LogP contribution >= 0.6 is 0 Å². The summed E-state index contributed by atoms with van der Waals surface area (Å²) in [6.45, 7) is 4.73. The van der Waals surface area contributed by atoms with Crippen LogP contribution in [0.1, 0.15) is 31.7 Å². The van der Waals surface area contributed by atoms with Gasteiger partial charge in [0.25, 0.3) is 0 Å². The lowest BCUT2D eigenvalue weighted by molar-refractivity contribution is -0.123. The van der Waals surface area contributed by atoms with E-state index in [0.29, 0.717) is 17.5 Å². The van der Waals surface area contributed by atoms with Crippen molar-refractivity contribution in [2.75, 3.05) is 6.54 Å². The minimum Gasteiger partial charge on any atom is -0.342 e. The lowest BCUT2D eigenvalue weighted by Gasteiger charge is -2.21. The van der Waals surface area contributed by atoms with Gasteiger partial charge in [0.2, 0.25) is 5.91 Å². The van der Waals surface area contributed by atoms with Crippen LogP contribution in [0.25, 0.3) is 11.1 Å². The zero-order valence-corrected chi connectivity index (χ0v) is 16.3. The number of amides is 1. The van der Waals surface area contributed by atoms with Crippen LogP contribution in [0.2, 0.25) is 0 Å². The molecule has 1 amide bonds. The molecule has 1 aliphatic heterocycles. The number of benzene rings is 1. The number of rotatable bonds is 4. The van der Waals surface area contributed by atoms with Gasteiger partial charge in [-0.15, -0.1) is 0 Å². The second-order valence-corrected chi connectivity index (χ2v) is 7.34. The average Bonchev–Trinajstić information content (AvgIpc) is 3.45. The van der Waals surface area contributed by atoms with E-state index in [1.54, 1.807) is 25.3 Å². The minimum atomic E-state index is -0.170. The highest BCUT2D eigenvalue weighted by Crippen LogP contribution is 2.35. The molecule has 0 radical (unpaired) electrons. The maximum atomic E-state index is 13.3. The molecule has 1 aromatic carbocycles. The highest BCUT2D eigenvalue weighted by Gasteiger charge is 2.42. The monoisotopic (exact) mass is 383 g/mol. The number of fused-ring (bicyclic) bond motifs is 2. The van der Waals surface area contributed by atoms with Crippen LogP contribution in [0.5, 0.6) is 0 Å². The summed E-state index contributed by atoms with van der Waals surface area (Å²) in [6, 6.07) is 7.66. The number of aryl methyl sites for hydroxylation is 2. The Bertz CT molecular complexity index is 872. The average molecular weight is 383 g/mol. The maximum absolute atomic E-state index is 13.3. The van der Waals surface area contributed by atoms with Crippen molar-refractivity contribution in [2.24, 2.45) is 5.92 Å². The van der Waals surface area contributed by atoms with Gasteiger partial charge in [-0.2, -0.15) is 10.4 Å². The van der Waals surface area contributed by atoms with Crippen LogP contribution in [0.4, 0.5) is 4.39 Å². The highest BCUT2D eigenvalue weighted by atomic mass is 19.1. The summed E-state index contributed by atoms with van der Waals surface area (Å²) in [5.41, 5.74) is 2.50. The Labute approximate surface area is 164 Å². The van der Waals surface area contributed by atoms with Crippen LogP contribution in [0.15, 0.2) is 30.6 Å². The number of nitrogens with one attached hydrogen (secondary N) is 2. The number of nitriles is 1. The number of halogens is 1. The molecule has 7 heteroatoms. The van der Waals surface area contributed by atoms with Gasteiger partial charge in [0.15, 0.2) is 0 Å². The number of hydrogen-bond acceptors (Lipinski definition) is 4. The van der Waals surface area contributed by atoms with E-state index < -0.39 is 0 Å². The van der Waals surface area contributed by atoms with Crippen molar-refractivity contribution in [3.63, 3.8) is 0 Å². The van der Waals surface area contributed by atoms with Gasteiger partial charge >= 0.3 is 0 Å². The Morgan fingerprint density at radius 2 is 2.25 bits per heavy atom. The summed E-state index contributed by atoms with van der Waals surface area (Å²) in [6.07, 6.45) is 7.16. The standard InChI is InChI=1S/C12H13FN2.C9H13N3O/c1-3-15-8-11(7-14-15)10-5-4-9(2)12(13)6-10;10-3-4-11-9(13)8-6-1-2-7(5-6)12-8/h4-8H,3H2,1-2H3;6-8,12H,1-2,4-5H2,(H,11,13)/t;6?,7-,8+/m.1/s1. The summed E-state index contributed by atoms with van der Waals surface area (Å²) in [4.78, 5) is 11.5. The molecule has 2 bridgehead atoms. The van der Waals surface area contributed by atoms with E-state index >= 15 is 0 Å². The molecule has 1 unspecified atom stereocenters. The molecule has 1 saturated carbocycles. The van der Waals surface area contributed by atoms with Crippen LogP contribution in [0.3, 0.4) is 0 Å². The first-order valence-electron chi connectivity index (χ1n) is 9.71. The Morgan fingerprint density at radius 1 is 1.43 bits per heavy atom. The van der Waals surface area contributed by atoms with Crippen LogP contribution in [-0.2, 0) is 11.3 Å². The molecule has 2 heterocycles. The first-order valence-corrected chi connectivity index (χ1v) is 9.71. The molecule has 0 spiro atoms. The number of nitrogens with zero attached hydrogens (tertiary/aromatic N) is 3. The molecule has 4 rings (SSSR count). The summed E-state index contributed by atoms with van der Waals surface area (Å²) in [7, 11) is 0. The van der Waals surface area contributed by atoms with E-state index in [0.717, 1.165) is 30.5 Å². The van der Waals surface area contributed by atoms with Crippen LogP contribution in [-0.4, -0.2) is 34.3 Å². The van der Waals surface area contributed by atoms with Gasteiger partial charge in [0.05, 0.1) is 18.3 Å². The largest absolute Gasteiger partial charge is 0.342 e. The SMILES string of the molecule is CCn1cc(-c2ccc(C)c(F)c2)cn1.N#CCNC(=O)[C@H]1N[C@@H]2CCC1C2. The zero-order valence-electron chi connectivity index (χ0n) is 16.3. The second-order valence-electron chi connectivity index (χ2n) is 7.34. The van der Waals surface area contributed by atoms with Crippen molar-refractivity contribution in [3.05, 3.63) is 42.0 Å². The fourth-order valence-electron chi connectivity index (χ4n) is 3.84. The fraction of sp³-hybridized carbons (Fsp3) is 0.476. The second kappa shape index (κ2) is 8.98. The molecule has 1 saturated heterocycles. The van der Waals surface area contributed by atoms with Crippen molar-refractivity contribution in [2.45, 2.75) is 51.7 Å². The summed E-state index contributed by atoms with van der Waals surface area (Å²) >= 11 is 0. The van der Waals surface area contributed by atoms with Crippen molar-refractivity contribution in [1.29, 1.82) is 5.26 Å². The van der Waals surface area contributed by atoms with E-state index in [9.17, 15) is 9.18 Å². The van der Waals surface area contributed by atoms with Gasteiger partial charge in [-0.1, -0.05) is 12.1 Å². The molecular weight excluding hydrogens is 357 g/mol. The summed E-state index contributed by atoms with van der Waals surface area (Å²) in [5, 5.41) is 18.3. The first-order chi connectivity index (χ1) is 13.5. The number of carbonyl (C=O) groups excluding carboxylic acids is 1. The van der Waals surface area contributed by atoms with Crippen molar-refractivity contribution in [3.8, 4) is 17.2 Å². The molecule has 1 aliphatic carbocycles. The van der Waals surface area contributed by atoms with E-state index in [-0.39, 0.29) is 24.3 Å². The Hall–Kier alpha value is -2.72. The van der Waals surface area contributed by atoms with E-state index in [1.165, 1.54) is 6.42 Å². The van der Waals surface area contributed by atoms with Gasteiger partial charge in [0, 0.05) is 24.3 Å². The van der Waals surface area contributed by atoms with Gasteiger partial charge < -0.3 is 10.6 Å². The third-order valence-electron chi connectivity index (χ3n) is 5.45. The lowest BCUT2D eigenvalue weighted by Crippen LogP contribution is -2.47. The highest BCUT2D eigenvalue weighted by molar-refractivity contribution is 5.82.